The molecule has 0 radical (unpaired) electrons. The third-order valence-corrected chi connectivity index (χ3v) is 3.55. The van der Waals surface area contributed by atoms with Crippen molar-refractivity contribution < 1.29 is 5.11 Å². The SMILES string of the molecule is CCCCC(CC)CO.Cc1ccc(C(C)C)cc1. The maximum Gasteiger partial charge on any atom is 0.0459 e. The van der Waals surface area contributed by atoms with Crippen molar-refractivity contribution in [3.8, 4) is 0 Å². The largest absolute Gasteiger partial charge is 0.396 e. The van der Waals surface area contributed by atoms with Crippen molar-refractivity contribution in [1.29, 1.82) is 0 Å². The lowest BCUT2D eigenvalue weighted by Gasteiger charge is -2.08. The van der Waals surface area contributed by atoms with Crippen LogP contribution in [0.3, 0.4) is 0 Å². The number of aliphatic hydroxyl groups excluding tert-OH is 1. The maximum absolute atomic E-state index is 8.75. The van der Waals surface area contributed by atoms with E-state index < -0.39 is 0 Å². The highest BCUT2D eigenvalue weighted by Crippen LogP contribution is 2.13. The first-order valence-electron chi connectivity index (χ1n) is 7.72. The second kappa shape index (κ2) is 11.0. The highest BCUT2D eigenvalue weighted by molar-refractivity contribution is 5.23. The van der Waals surface area contributed by atoms with Crippen molar-refractivity contribution in [3.05, 3.63) is 35.4 Å². The fourth-order valence-corrected chi connectivity index (χ4v) is 1.87. The predicted octanol–water partition coefficient (Wildman–Crippen LogP) is 5.31. The molecule has 0 aliphatic heterocycles. The minimum Gasteiger partial charge on any atom is -0.396 e. The molecule has 1 nitrogen and oxygen atoms in total. The molecule has 1 aromatic carbocycles. The molecule has 0 bridgehead atoms. The van der Waals surface area contributed by atoms with Gasteiger partial charge in [-0.15, -0.1) is 0 Å². The van der Waals surface area contributed by atoms with Gasteiger partial charge < -0.3 is 5.11 Å². The smallest absolute Gasteiger partial charge is 0.0459 e. The van der Waals surface area contributed by atoms with E-state index in [1.165, 1.54) is 30.4 Å². The fourth-order valence-electron chi connectivity index (χ4n) is 1.87. The van der Waals surface area contributed by atoms with Crippen LogP contribution in [0.5, 0.6) is 0 Å². The van der Waals surface area contributed by atoms with Crippen LogP contribution in [0.2, 0.25) is 0 Å². The summed E-state index contributed by atoms with van der Waals surface area (Å²) in [4.78, 5) is 0. The Bertz CT molecular complexity index is 296. The molecule has 1 unspecified atom stereocenters. The lowest BCUT2D eigenvalue weighted by Crippen LogP contribution is -2.03. The first-order chi connectivity index (χ1) is 9.04. The first-order valence-corrected chi connectivity index (χ1v) is 7.72. The van der Waals surface area contributed by atoms with Crippen LogP contribution in [0.1, 0.15) is 70.4 Å². The van der Waals surface area contributed by atoms with Crippen LogP contribution in [0.4, 0.5) is 0 Å². The second-order valence-electron chi connectivity index (χ2n) is 5.66. The van der Waals surface area contributed by atoms with Gasteiger partial charge in [-0.05, 0) is 30.7 Å². The van der Waals surface area contributed by atoms with Crippen molar-refractivity contribution in [3.63, 3.8) is 0 Å². The van der Waals surface area contributed by atoms with E-state index in [2.05, 4.69) is 58.9 Å². The van der Waals surface area contributed by atoms with Gasteiger partial charge in [-0.25, -0.2) is 0 Å². The summed E-state index contributed by atoms with van der Waals surface area (Å²) in [6.07, 6.45) is 4.83. The van der Waals surface area contributed by atoms with E-state index in [1.807, 2.05) is 0 Å². The minimum atomic E-state index is 0.372. The number of rotatable bonds is 6. The molecule has 0 aliphatic carbocycles. The average Bonchev–Trinajstić information content (AvgIpc) is 2.41. The van der Waals surface area contributed by atoms with E-state index in [0.717, 1.165) is 6.42 Å². The fraction of sp³-hybridized carbons (Fsp3) is 0.667. The molecule has 1 heteroatoms. The zero-order chi connectivity index (χ0) is 14.7. The maximum atomic E-state index is 8.75. The Morgan fingerprint density at radius 2 is 1.63 bits per heavy atom. The number of hydrogen-bond donors (Lipinski definition) is 1. The van der Waals surface area contributed by atoms with Gasteiger partial charge in [-0.3, -0.25) is 0 Å². The van der Waals surface area contributed by atoms with Gasteiger partial charge in [0.05, 0.1) is 0 Å². The summed E-state index contributed by atoms with van der Waals surface area (Å²) in [6, 6.07) is 8.71. The van der Waals surface area contributed by atoms with Crippen LogP contribution in [0.25, 0.3) is 0 Å². The van der Waals surface area contributed by atoms with Gasteiger partial charge in [0, 0.05) is 6.61 Å². The Balaban J connectivity index is 0.000000344. The lowest BCUT2D eigenvalue weighted by atomic mass is 10.0. The molecular formula is C18H32O. The molecule has 110 valence electrons. The van der Waals surface area contributed by atoms with Crippen LogP contribution in [0, 0.1) is 12.8 Å². The van der Waals surface area contributed by atoms with E-state index in [9.17, 15) is 0 Å². The van der Waals surface area contributed by atoms with E-state index in [4.69, 9.17) is 5.11 Å². The third-order valence-electron chi connectivity index (χ3n) is 3.55. The minimum absolute atomic E-state index is 0.372. The molecule has 0 aliphatic rings. The average molecular weight is 264 g/mol. The molecule has 1 N–H and O–H groups in total. The van der Waals surface area contributed by atoms with Crippen LogP contribution < -0.4 is 0 Å². The van der Waals surface area contributed by atoms with Gasteiger partial charge in [0.15, 0.2) is 0 Å². The molecular weight excluding hydrogens is 232 g/mol. The quantitative estimate of drug-likeness (QED) is 0.738. The number of unbranched alkanes of at least 4 members (excludes halogenated alkanes) is 1. The van der Waals surface area contributed by atoms with Gasteiger partial charge >= 0.3 is 0 Å². The molecule has 0 amide bonds. The normalized spacial score (nSPS) is 11.9. The van der Waals surface area contributed by atoms with E-state index in [0.29, 0.717) is 18.4 Å². The summed E-state index contributed by atoms with van der Waals surface area (Å²) in [7, 11) is 0. The first kappa shape index (κ1) is 18.2. The van der Waals surface area contributed by atoms with Crippen molar-refractivity contribution in [2.24, 2.45) is 5.92 Å². The zero-order valence-electron chi connectivity index (χ0n) is 13.4. The predicted molar refractivity (Wildman–Crippen MR) is 85.7 cm³/mol. The number of aliphatic hydroxyl groups is 1. The summed E-state index contributed by atoms with van der Waals surface area (Å²) in [5, 5.41) is 8.75. The monoisotopic (exact) mass is 264 g/mol. The van der Waals surface area contributed by atoms with Crippen LogP contribution in [-0.2, 0) is 0 Å². The Morgan fingerprint density at radius 3 is 2.00 bits per heavy atom. The highest BCUT2D eigenvalue weighted by atomic mass is 16.3. The van der Waals surface area contributed by atoms with Crippen LogP contribution in [-0.4, -0.2) is 11.7 Å². The van der Waals surface area contributed by atoms with E-state index >= 15 is 0 Å². The summed E-state index contributed by atoms with van der Waals surface area (Å²) in [5.41, 5.74) is 2.76. The standard InChI is InChI=1S/C10H14.C8H18O/c1-8(2)10-6-4-9(3)5-7-10;1-3-5-6-8(4-2)7-9/h4-8H,1-3H3;8-9H,3-7H2,1-2H3. The van der Waals surface area contributed by atoms with Gasteiger partial charge in [0.25, 0.3) is 0 Å². The highest BCUT2D eigenvalue weighted by Gasteiger charge is 2.01. The summed E-state index contributed by atoms with van der Waals surface area (Å²) < 4.78 is 0. The summed E-state index contributed by atoms with van der Waals surface area (Å²) in [5.74, 6) is 1.21. The number of aryl methyl sites for hydroxylation is 1. The van der Waals surface area contributed by atoms with Crippen LogP contribution >= 0.6 is 0 Å². The van der Waals surface area contributed by atoms with Gasteiger partial charge in [-0.1, -0.05) is 76.8 Å². The molecule has 0 fully saturated rings. The van der Waals surface area contributed by atoms with Crippen molar-refractivity contribution in [1.82, 2.24) is 0 Å². The van der Waals surface area contributed by atoms with Gasteiger partial charge in [-0.2, -0.15) is 0 Å². The summed E-state index contributed by atoms with van der Waals surface area (Å²) in [6.45, 7) is 11.2. The topological polar surface area (TPSA) is 20.2 Å². The van der Waals surface area contributed by atoms with E-state index in [1.54, 1.807) is 0 Å². The Hall–Kier alpha value is -0.820. The Kier molecular flexibility index (Phi) is 10.6. The van der Waals surface area contributed by atoms with Crippen molar-refractivity contribution >= 4 is 0 Å². The third kappa shape index (κ3) is 8.83. The summed E-state index contributed by atoms with van der Waals surface area (Å²) >= 11 is 0. The van der Waals surface area contributed by atoms with Crippen LogP contribution in [0.15, 0.2) is 24.3 Å². The molecule has 1 atom stereocenters. The van der Waals surface area contributed by atoms with Gasteiger partial charge in [0.2, 0.25) is 0 Å². The molecule has 0 saturated carbocycles. The lowest BCUT2D eigenvalue weighted by molar-refractivity contribution is 0.212. The van der Waals surface area contributed by atoms with Crippen molar-refractivity contribution in [2.75, 3.05) is 6.61 Å². The Labute approximate surface area is 120 Å². The Morgan fingerprint density at radius 1 is 1.05 bits per heavy atom. The number of benzene rings is 1. The molecule has 0 spiro atoms. The molecule has 0 aromatic heterocycles. The molecule has 19 heavy (non-hydrogen) atoms. The molecule has 1 aromatic rings. The van der Waals surface area contributed by atoms with Gasteiger partial charge in [0.1, 0.15) is 0 Å². The molecule has 0 saturated heterocycles. The zero-order valence-corrected chi connectivity index (χ0v) is 13.4. The molecule has 0 heterocycles. The molecule has 1 rings (SSSR count). The number of hydrogen-bond acceptors (Lipinski definition) is 1. The second-order valence-corrected chi connectivity index (χ2v) is 5.66. The van der Waals surface area contributed by atoms with Crippen molar-refractivity contribution in [2.45, 2.75) is 66.2 Å². The van der Waals surface area contributed by atoms with E-state index in [-0.39, 0.29) is 0 Å².